The van der Waals surface area contributed by atoms with E-state index in [1.54, 1.807) is 18.6 Å². The molecule has 0 amide bonds. The number of hydrogen-bond acceptors (Lipinski definition) is 8. The first kappa shape index (κ1) is 14.2. The van der Waals surface area contributed by atoms with E-state index in [2.05, 4.69) is 30.2 Å². The lowest BCUT2D eigenvalue weighted by Crippen LogP contribution is -2.21. The van der Waals surface area contributed by atoms with Crippen LogP contribution in [0.2, 0.25) is 0 Å². The van der Waals surface area contributed by atoms with Crippen LogP contribution in [0.25, 0.3) is 0 Å². The zero-order valence-corrected chi connectivity index (χ0v) is 12.2. The van der Waals surface area contributed by atoms with E-state index in [9.17, 15) is 4.79 Å². The van der Waals surface area contributed by atoms with Crippen LogP contribution in [-0.2, 0) is 4.74 Å². The second-order valence-electron chi connectivity index (χ2n) is 4.86. The van der Waals surface area contributed by atoms with E-state index in [-0.39, 0.29) is 5.69 Å². The molecule has 1 aliphatic rings. The summed E-state index contributed by atoms with van der Waals surface area (Å²) in [4.78, 5) is 30.6. The summed E-state index contributed by atoms with van der Waals surface area (Å²) < 4.78 is 4.80. The Morgan fingerprint density at radius 2 is 1.95 bits per heavy atom. The minimum Gasteiger partial charge on any atom is -0.464 e. The van der Waals surface area contributed by atoms with Gasteiger partial charge in [-0.25, -0.2) is 24.7 Å². The first-order valence-corrected chi connectivity index (χ1v) is 7.00. The average molecular weight is 300 g/mol. The van der Waals surface area contributed by atoms with Gasteiger partial charge in [-0.2, -0.15) is 0 Å². The molecule has 1 aliphatic heterocycles. The van der Waals surface area contributed by atoms with Crippen LogP contribution in [-0.4, -0.2) is 46.1 Å². The molecule has 0 aromatic carbocycles. The Labute approximate surface area is 127 Å². The normalized spacial score (nSPS) is 14.0. The fourth-order valence-corrected chi connectivity index (χ4v) is 2.31. The van der Waals surface area contributed by atoms with E-state index in [1.807, 2.05) is 0 Å². The highest BCUT2D eigenvalue weighted by molar-refractivity contribution is 5.93. The molecule has 114 valence electrons. The quantitative estimate of drug-likeness (QED) is 0.847. The summed E-state index contributed by atoms with van der Waals surface area (Å²) in [6.07, 6.45) is 8.50. The number of anilines is 3. The molecule has 0 spiro atoms. The van der Waals surface area contributed by atoms with Crippen molar-refractivity contribution >= 4 is 23.3 Å². The number of nitrogens with one attached hydrogen (secondary N) is 1. The molecule has 0 radical (unpaired) electrons. The number of carbonyl (C=O) groups excluding carboxylic acids is 1. The number of nitrogens with zero attached hydrogens (tertiary/aromatic N) is 5. The highest BCUT2D eigenvalue weighted by Crippen LogP contribution is 2.22. The van der Waals surface area contributed by atoms with Gasteiger partial charge < -0.3 is 15.0 Å². The molecule has 0 saturated carbocycles. The zero-order chi connectivity index (χ0) is 15.4. The van der Waals surface area contributed by atoms with Crippen molar-refractivity contribution < 1.29 is 9.53 Å². The number of hydrogen-bond donors (Lipinski definition) is 1. The SMILES string of the molecule is COC(=O)c1nc(N2CCCC2)cnc1Nc1cncnc1. The van der Waals surface area contributed by atoms with Crippen LogP contribution in [0.5, 0.6) is 0 Å². The smallest absolute Gasteiger partial charge is 0.360 e. The van der Waals surface area contributed by atoms with Crippen LogP contribution < -0.4 is 10.2 Å². The van der Waals surface area contributed by atoms with Gasteiger partial charge in [-0.05, 0) is 12.8 Å². The maximum atomic E-state index is 12.0. The molecule has 8 nitrogen and oxygen atoms in total. The van der Waals surface area contributed by atoms with Gasteiger partial charge in [0.25, 0.3) is 0 Å². The molecule has 0 unspecified atom stereocenters. The summed E-state index contributed by atoms with van der Waals surface area (Å²) in [6, 6.07) is 0. The van der Waals surface area contributed by atoms with E-state index >= 15 is 0 Å². The summed E-state index contributed by atoms with van der Waals surface area (Å²) in [5.41, 5.74) is 0.770. The Hall–Kier alpha value is -2.77. The van der Waals surface area contributed by atoms with Crippen LogP contribution in [0, 0.1) is 0 Å². The van der Waals surface area contributed by atoms with Crippen LogP contribution >= 0.6 is 0 Å². The molecule has 0 atom stereocenters. The van der Waals surface area contributed by atoms with Crippen molar-refractivity contribution in [3.8, 4) is 0 Å². The molecule has 1 saturated heterocycles. The lowest BCUT2D eigenvalue weighted by Gasteiger charge is -2.17. The second-order valence-corrected chi connectivity index (χ2v) is 4.86. The molecule has 0 aliphatic carbocycles. The van der Waals surface area contributed by atoms with E-state index in [4.69, 9.17) is 4.74 Å². The predicted molar refractivity (Wildman–Crippen MR) is 80.1 cm³/mol. The van der Waals surface area contributed by atoms with Crippen LogP contribution in [0.15, 0.2) is 24.9 Å². The Bertz CT molecular complexity index is 658. The molecule has 2 aromatic heterocycles. The van der Waals surface area contributed by atoms with Gasteiger partial charge in [0.1, 0.15) is 12.1 Å². The third kappa shape index (κ3) is 2.95. The van der Waals surface area contributed by atoms with Crippen molar-refractivity contribution in [3.05, 3.63) is 30.6 Å². The van der Waals surface area contributed by atoms with Crippen LogP contribution in [0.4, 0.5) is 17.3 Å². The van der Waals surface area contributed by atoms with E-state index in [1.165, 1.54) is 13.4 Å². The Balaban J connectivity index is 1.92. The third-order valence-corrected chi connectivity index (χ3v) is 3.39. The van der Waals surface area contributed by atoms with Crippen molar-refractivity contribution in [2.75, 3.05) is 30.4 Å². The summed E-state index contributed by atoms with van der Waals surface area (Å²) in [7, 11) is 1.32. The Kier molecular flexibility index (Phi) is 4.08. The van der Waals surface area contributed by atoms with Gasteiger partial charge in [0.15, 0.2) is 11.5 Å². The molecule has 2 aromatic rings. The molecule has 8 heteroatoms. The second kappa shape index (κ2) is 6.33. The lowest BCUT2D eigenvalue weighted by atomic mass is 10.3. The van der Waals surface area contributed by atoms with Crippen molar-refractivity contribution in [2.24, 2.45) is 0 Å². The molecule has 3 rings (SSSR count). The predicted octanol–water partition coefficient (Wildman–Crippen LogP) is 1.40. The van der Waals surface area contributed by atoms with E-state index < -0.39 is 5.97 Å². The van der Waals surface area contributed by atoms with Gasteiger partial charge in [-0.3, -0.25) is 0 Å². The van der Waals surface area contributed by atoms with Gasteiger partial charge in [0, 0.05) is 13.1 Å². The number of ether oxygens (including phenoxy) is 1. The minimum atomic E-state index is -0.534. The molecule has 1 N–H and O–H groups in total. The fourth-order valence-electron chi connectivity index (χ4n) is 2.31. The van der Waals surface area contributed by atoms with Crippen LogP contribution in [0.3, 0.4) is 0 Å². The van der Waals surface area contributed by atoms with Crippen molar-refractivity contribution in [1.29, 1.82) is 0 Å². The molecular weight excluding hydrogens is 284 g/mol. The number of methoxy groups -OCH3 is 1. The van der Waals surface area contributed by atoms with Crippen molar-refractivity contribution in [3.63, 3.8) is 0 Å². The summed E-state index contributed by atoms with van der Waals surface area (Å²) in [5, 5.41) is 2.99. The Morgan fingerprint density at radius 3 is 2.64 bits per heavy atom. The van der Waals surface area contributed by atoms with Crippen molar-refractivity contribution in [1.82, 2.24) is 19.9 Å². The van der Waals surface area contributed by atoms with Gasteiger partial charge in [0.05, 0.1) is 31.4 Å². The maximum absolute atomic E-state index is 12.0. The van der Waals surface area contributed by atoms with Crippen molar-refractivity contribution in [2.45, 2.75) is 12.8 Å². The average Bonchev–Trinajstić information content (AvgIpc) is 3.10. The van der Waals surface area contributed by atoms with Gasteiger partial charge in [-0.15, -0.1) is 0 Å². The largest absolute Gasteiger partial charge is 0.464 e. The Morgan fingerprint density at radius 1 is 1.23 bits per heavy atom. The number of esters is 1. The third-order valence-electron chi connectivity index (χ3n) is 3.39. The maximum Gasteiger partial charge on any atom is 0.360 e. The fraction of sp³-hybridized carbons (Fsp3) is 0.357. The first-order valence-electron chi connectivity index (χ1n) is 7.00. The van der Waals surface area contributed by atoms with Gasteiger partial charge in [-0.1, -0.05) is 0 Å². The number of rotatable bonds is 4. The lowest BCUT2D eigenvalue weighted by molar-refractivity contribution is 0.0595. The molecule has 1 fully saturated rings. The first-order chi connectivity index (χ1) is 10.8. The highest BCUT2D eigenvalue weighted by Gasteiger charge is 2.20. The summed E-state index contributed by atoms with van der Waals surface area (Å²) >= 11 is 0. The molecule has 22 heavy (non-hydrogen) atoms. The molecule has 0 bridgehead atoms. The highest BCUT2D eigenvalue weighted by atomic mass is 16.5. The van der Waals surface area contributed by atoms with Crippen LogP contribution in [0.1, 0.15) is 23.3 Å². The van der Waals surface area contributed by atoms with E-state index in [0.29, 0.717) is 17.3 Å². The zero-order valence-electron chi connectivity index (χ0n) is 12.2. The number of carbonyl (C=O) groups is 1. The topological polar surface area (TPSA) is 93.1 Å². The standard InChI is InChI=1S/C14H16N6O2/c1-22-14(21)12-13(18-10-6-15-9-16-7-10)17-8-11(19-12)20-4-2-3-5-20/h6-9H,2-5H2,1H3,(H,17,18). The minimum absolute atomic E-state index is 0.149. The van der Waals surface area contributed by atoms with Gasteiger partial charge in [0.2, 0.25) is 0 Å². The molecule has 3 heterocycles. The summed E-state index contributed by atoms with van der Waals surface area (Å²) in [6.45, 7) is 1.85. The monoisotopic (exact) mass is 300 g/mol. The van der Waals surface area contributed by atoms with Gasteiger partial charge >= 0.3 is 5.97 Å². The molecular formula is C14H16N6O2. The number of aromatic nitrogens is 4. The van der Waals surface area contributed by atoms with E-state index in [0.717, 1.165) is 25.9 Å². The summed E-state index contributed by atoms with van der Waals surface area (Å²) in [5.74, 6) is 0.477.